The normalized spacial score (nSPS) is 22.1. The zero-order chi connectivity index (χ0) is 13.0. The molecule has 1 aromatic carbocycles. The molecule has 0 aliphatic carbocycles. The van der Waals surface area contributed by atoms with Crippen LogP contribution >= 0.6 is 11.6 Å². The molecule has 0 bridgehead atoms. The van der Waals surface area contributed by atoms with Gasteiger partial charge in [0.25, 0.3) is 0 Å². The van der Waals surface area contributed by atoms with E-state index in [0.29, 0.717) is 30.0 Å². The molecular formula is C14H21ClN2O. The predicted octanol–water partition coefficient (Wildman–Crippen LogP) is 2.25. The molecule has 2 unspecified atom stereocenters. The lowest BCUT2D eigenvalue weighted by molar-refractivity contribution is 0.199. The van der Waals surface area contributed by atoms with Crippen LogP contribution in [0.3, 0.4) is 0 Å². The van der Waals surface area contributed by atoms with Crippen molar-refractivity contribution in [3.05, 3.63) is 29.3 Å². The summed E-state index contributed by atoms with van der Waals surface area (Å²) < 4.78 is 5.81. The molecule has 2 N–H and O–H groups in total. The summed E-state index contributed by atoms with van der Waals surface area (Å²) >= 11 is 6.07. The minimum Gasteiger partial charge on any atom is -0.492 e. The highest BCUT2D eigenvalue weighted by atomic mass is 35.5. The van der Waals surface area contributed by atoms with Crippen LogP contribution in [0.15, 0.2) is 24.3 Å². The topological polar surface area (TPSA) is 38.5 Å². The molecule has 1 saturated heterocycles. The molecule has 2 rings (SSSR count). The van der Waals surface area contributed by atoms with E-state index in [9.17, 15) is 0 Å². The molecule has 1 aliphatic heterocycles. The smallest absolute Gasteiger partial charge is 0.137 e. The molecule has 0 radical (unpaired) electrons. The molecule has 4 heteroatoms. The van der Waals surface area contributed by atoms with E-state index in [1.165, 1.54) is 6.42 Å². The van der Waals surface area contributed by atoms with Crippen molar-refractivity contribution in [2.24, 2.45) is 17.6 Å². The second-order valence-corrected chi connectivity index (χ2v) is 5.46. The van der Waals surface area contributed by atoms with E-state index in [1.807, 2.05) is 24.3 Å². The molecule has 1 heterocycles. The Kier molecular flexibility index (Phi) is 4.87. The maximum Gasteiger partial charge on any atom is 0.137 e. The summed E-state index contributed by atoms with van der Waals surface area (Å²) in [5.74, 6) is 1.80. The predicted molar refractivity (Wildman–Crippen MR) is 75.1 cm³/mol. The van der Waals surface area contributed by atoms with Crippen LogP contribution in [-0.2, 0) is 0 Å². The molecule has 1 fully saturated rings. The standard InChI is InChI=1S/C14H21ClN2O/c1-17-7-6-11(9-17)12(8-16)10-18-14-5-3-2-4-13(14)15/h2-5,11-12H,6-10,16H2,1H3. The van der Waals surface area contributed by atoms with Crippen molar-refractivity contribution in [1.29, 1.82) is 0 Å². The number of ether oxygens (including phenoxy) is 1. The highest BCUT2D eigenvalue weighted by molar-refractivity contribution is 6.32. The third-order valence-electron chi connectivity index (χ3n) is 3.69. The van der Waals surface area contributed by atoms with E-state index < -0.39 is 0 Å². The molecule has 18 heavy (non-hydrogen) atoms. The highest BCUT2D eigenvalue weighted by Crippen LogP contribution is 2.27. The van der Waals surface area contributed by atoms with Crippen molar-refractivity contribution in [3.8, 4) is 5.75 Å². The first kappa shape index (κ1) is 13.7. The fraction of sp³-hybridized carbons (Fsp3) is 0.571. The Morgan fingerprint density at radius 1 is 1.50 bits per heavy atom. The van der Waals surface area contributed by atoms with Crippen LogP contribution in [0.5, 0.6) is 5.75 Å². The van der Waals surface area contributed by atoms with Gasteiger partial charge in [-0.25, -0.2) is 0 Å². The van der Waals surface area contributed by atoms with Crippen molar-refractivity contribution in [2.45, 2.75) is 6.42 Å². The Morgan fingerprint density at radius 3 is 2.89 bits per heavy atom. The van der Waals surface area contributed by atoms with Gasteiger partial charge in [-0.2, -0.15) is 0 Å². The molecule has 0 saturated carbocycles. The number of nitrogens with two attached hydrogens (primary N) is 1. The van der Waals surface area contributed by atoms with Gasteiger partial charge in [-0.1, -0.05) is 23.7 Å². The minimum absolute atomic E-state index is 0.409. The van der Waals surface area contributed by atoms with Gasteiger partial charge in [0.1, 0.15) is 5.75 Å². The van der Waals surface area contributed by atoms with Crippen LogP contribution in [0.4, 0.5) is 0 Å². The Balaban J connectivity index is 1.89. The molecule has 1 aliphatic rings. The van der Waals surface area contributed by atoms with E-state index in [2.05, 4.69) is 11.9 Å². The molecule has 2 atom stereocenters. The van der Waals surface area contributed by atoms with E-state index in [-0.39, 0.29) is 0 Å². The fourth-order valence-electron chi connectivity index (χ4n) is 2.51. The maximum absolute atomic E-state index is 6.07. The van der Waals surface area contributed by atoms with Crippen molar-refractivity contribution >= 4 is 11.6 Å². The van der Waals surface area contributed by atoms with Gasteiger partial charge in [0, 0.05) is 12.5 Å². The molecular weight excluding hydrogens is 248 g/mol. The number of rotatable bonds is 5. The van der Waals surface area contributed by atoms with E-state index in [0.717, 1.165) is 18.8 Å². The molecule has 1 aromatic rings. The zero-order valence-corrected chi connectivity index (χ0v) is 11.6. The van der Waals surface area contributed by atoms with Crippen LogP contribution in [0.1, 0.15) is 6.42 Å². The van der Waals surface area contributed by atoms with Crippen molar-refractivity contribution in [2.75, 3.05) is 33.3 Å². The number of hydrogen-bond donors (Lipinski definition) is 1. The number of likely N-dealkylation sites (tertiary alicyclic amines) is 1. The Hall–Kier alpha value is -0.770. The lowest BCUT2D eigenvalue weighted by Crippen LogP contribution is -2.30. The third-order valence-corrected chi connectivity index (χ3v) is 4.00. The molecule has 0 spiro atoms. The minimum atomic E-state index is 0.409. The van der Waals surface area contributed by atoms with Crippen LogP contribution in [0.25, 0.3) is 0 Å². The van der Waals surface area contributed by atoms with Crippen LogP contribution in [-0.4, -0.2) is 38.2 Å². The quantitative estimate of drug-likeness (QED) is 0.890. The SMILES string of the molecule is CN1CCC(C(CN)COc2ccccc2Cl)C1. The highest BCUT2D eigenvalue weighted by Gasteiger charge is 2.27. The van der Waals surface area contributed by atoms with E-state index in [4.69, 9.17) is 22.1 Å². The third kappa shape index (κ3) is 3.37. The van der Waals surface area contributed by atoms with Crippen LogP contribution in [0, 0.1) is 11.8 Å². The average molecular weight is 269 g/mol. The van der Waals surface area contributed by atoms with Gasteiger partial charge in [-0.05, 0) is 44.6 Å². The second-order valence-electron chi connectivity index (χ2n) is 5.05. The van der Waals surface area contributed by atoms with Gasteiger partial charge in [0.15, 0.2) is 0 Å². The van der Waals surface area contributed by atoms with Crippen molar-refractivity contribution in [3.63, 3.8) is 0 Å². The monoisotopic (exact) mass is 268 g/mol. The summed E-state index contributed by atoms with van der Waals surface area (Å²) in [5, 5.41) is 0.664. The summed E-state index contributed by atoms with van der Waals surface area (Å²) in [4.78, 5) is 2.35. The molecule has 100 valence electrons. The van der Waals surface area contributed by atoms with Gasteiger partial charge >= 0.3 is 0 Å². The first-order chi connectivity index (χ1) is 8.70. The zero-order valence-electron chi connectivity index (χ0n) is 10.8. The lowest BCUT2D eigenvalue weighted by Gasteiger charge is -2.22. The average Bonchev–Trinajstić information content (AvgIpc) is 2.79. The number of halogens is 1. The van der Waals surface area contributed by atoms with Gasteiger partial charge in [0.05, 0.1) is 11.6 Å². The first-order valence-electron chi connectivity index (χ1n) is 6.46. The summed E-state index contributed by atoms with van der Waals surface area (Å²) in [5.41, 5.74) is 5.87. The van der Waals surface area contributed by atoms with E-state index >= 15 is 0 Å². The van der Waals surface area contributed by atoms with Gasteiger partial charge in [-0.15, -0.1) is 0 Å². The number of hydrogen-bond acceptors (Lipinski definition) is 3. The summed E-state index contributed by atoms with van der Waals surface area (Å²) in [6.07, 6.45) is 1.21. The van der Waals surface area contributed by atoms with Gasteiger partial charge < -0.3 is 15.4 Å². The Morgan fingerprint density at radius 2 is 2.28 bits per heavy atom. The number of nitrogens with zero attached hydrogens (tertiary/aromatic N) is 1. The second kappa shape index (κ2) is 6.41. The summed E-state index contributed by atoms with van der Waals surface area (Å²) in [7, 11) is 2.16. The maximum atomic E-state index is 6.07. The first-order valence-corrected chi connectivity index (χ1v) is 6.84. The van der Waals surface area contributed by atoms with Crippen LogP contribution < -0.4 is 10.5 Å². The number of benzene rings is 1. The Labute approximate surface area is 114 Å². The number of para-hydroxylation sites is 1. The van der Waals surface area contributed by atoms with Crippen molar-refractivity contribution < 1.29 is 4.74 Å². The van der Waals surface area contributed by atoms with Gasteiger partial charge in [-0.3, -0.25) is 0 Å². The van der Waals surface area contributed by atoms with E-state index in [1.54, 1.807) is 0 Å². The summed E-state index contributed by atoms with van der Waals surface area (Å²) in [6, 6.07) is 7.58. The molecule has 3 nitrogen and oxygen atoms in total. The largest absolute Gasteiger partial charge is 0.492 e. The Bertz CT molecular complexity index is 386. The summed E-state index contributed by atoms with van der Waals surface area (Å²) in [6.45, 7) is 3.60. The lowest BCUT2D eigenvalue weighted by atomic mass is 9.92. The molecule has 0 aromatic heterocycles. The molecule has 0 amide bonds. The van der Waals surface area contributed by atoms with Crippen molar-refractivity contribution in [1.82, 2.24) is 4.90 Å². The van der Waals surface area contributed by atoms with Crippen LogP contribution in [0.2, 0.25) is 5.02 Å². The van der Waals surface area contributed by atoms with Gasteiger partial charge in [0.2, 0.25) is 0 Å². The fourth-order valence-corrected chi connectivity index (χ4v) is 2.70.